The number of thiazole rings is 1. The average Bonchev–Trinajstić information content (AvgIpc) is 3.58. The molecule has 3 fully saturated rings. The summed E-state index contributed by atoms with van der Waals surface area (Å²) in [7, 11) is 0. The maximum absolute atomic E-state index is 14.6. The first kappa shape index (κ1) is 30.3. The third-order valence-corrected chi connectivity index (χ3v) is 10.2. The predicted octanol–water partition coefficient (Wildman–Crippen LogP) is 3.17. The van der Waals surface area contributed by atoms with Crippen molar-refractivity contribution >= 4 is 40.2 Å². The van der Waals surface area contributed by atoms with Gasteiger partial charge >= 0.3 is 0 Å². The van der Waals surface area contributed by atoms with Gasteiger partial charge in [-0.05, 0) is 83.2 Å². The number of nitrogens with zero attached hydrogens (tertiary/aromatic N) is 7. The molecule has 2 amide bonds. The molecule has 4 aromatic rings. The minimum Gasteiger partial charge on any atom is -0.473 e. The number of hydrogen-bond donors (Lipinski definition) is 3. The third-order valence-electron chi connectivity index (χ3n) is 9.27. The van der Waals surface area contributed by atoms with Crippen molar-refractivity contribution in [1.29, 1.82) is 0 Å². The number of rotatable bonds is 8. The molecule has 0 radical (unpaired) electrons. The molecular weight excluding hydrogens is 611 g/mol. The normalized spacial score (nSPS) is 22.0. The van der Waals surface area contributed by atoms with Crippen molar-refractivity contribution in [3.05, 3.63) is 45.9 Å². The molecule has 15 heteroatoms. The fourth-order valence-corrected chi connectivity index (χ4v) is 7.58. The molecular formula is C31H37FN10O3S. The number of halogens is 1. The highest BCUT2D eigenvalue weighted by atomic mass is 32.1. The molecule has 0 bridgehead atoms. The predicted molar refractivity (Wildman–Crippen MR) is 172 cm³/mol. The summed E-state index contributed by atoms with van der Waals surface area (Å²) in [6.45, 7) is 5.52. The number of nitrogens with one attached hydrogen (secondary N) is 1. The van der Waals surface area contributed by atoms with Gasteiger partial charge in [-0.3, -0.25) is 9.59 Å². The number of likely N-dealkylation sites (tertiary alicyclic amines) is 1. The molecule has 5 N–H and O–H groups in total. The highest BCUT2D eigenvalue weighted by Crippen LogP contribution is 2.36. The second kappa shape index (κ2) is 12.4. The van der Waals surface area contributed by atoms with E-state index in [1.807, 2.05) is 13.0 Å². The van der Waals surface area contributed by atoms with E-state index in [9.17, 15) is 14.0 Å². The van der Waals surface area contributed by atoms with Crippen molar-refractivity contribution in [2.24, 2.45) is 5.73 Å². The minimum absolute atomic E-state index is 0.0655. The number of nitrogen functional groups attached to an aromatic ring is 1. The number of nitrogens with two attached hydrogens (primary N) is 2. The molecule has 3 aliphatic rings. The van der Waals surface area contributed by atoms with Gasteiger partial charge in [-0.2, -0.15) is 9.49 Å². The Morgan fingerprint density at radius 3 is 2.61 bits per heavy atom. The van der Waals surface area contributed by atoms with E-state index >= 15 is 0 Å². The SMILES string of the molecule is Cc1nc(OC2CCC(N3CCC3)CC2)c(C(=O)N[C@@H]2CCCN(c3cc(-c4ccc(C(N)=O)c(F)n4)n4ncnc(N)c34)C2)s1. The summed E-state index contributed by atoms with van der Waals surface area (Å²) in [5.41, 5.74) is 13.3. The van der Waals surface area contributed by atoms with Crippen LogP contribution in [0.25, 0.3) is 16.9 Å². The van der Waals surface area contributed by atoms with Crippen molar-refractivity contribution in [3.63, 3.8) is 0 Å². The quantitative estimate of drug-likeness (QED) is 0.241. The van der Waals surface area contributed by atoms with Gasteiger partial charge in [-0.25, -0.2) is 19.5 Å². The zero-order chi connectivity index (χ0) is 31.9. The monoisotopic (exact) mass is 648 g/mol. The van der Waals surface area contributed by atoms with E-state index in [0.29, 0.717) is 41.1 Å². The lowest BCUT2D eigenvalue weighted by Gasteiger charge is -2.41. The Hall–Kier alpha value is -4.37. The van der Waals surface area contributed by atoms with Gasteiger partial charge in [-0.1, -0.05) is 0 Å². The second-order valence-corrected chi connectivity index (χ2v) is 13.5. The van der Waals surface area contributed by atoms with Crippen molar-refractivity contribution in [3.8, 4) is 17.3 Å². The Kier molecular flexibility index (Phi) is 8.19. The van der Waals surface area contributed by atoms with Gasteiger partial charge in [0.1, 0.15) is 17.9 Å². The van der Waals surface area contributed by atoms with Gasteiger partial charge in [0, 0.05) is 25.2 Å². The number of carbonyl (C=O) groups is 2. The number of fused-ring (bicyclic) bond motifs is 1. The van der Waals surface area contributed by atoms with Gasteiger partial charge in [0.15, 0.2) is 10.7 Å². The Balaban J connectivity index is 1.07. The third kappa shape index (κ3) is 5.84. The number of ether oxygens (including phenoxy) is 1. The molecule has 2 saturated heterocycles. The summed E-state index contributed by atoms with van der Waals surface area (Å²) >= 11 is 1.35. The number of piperidine rings is 1. The molecule has 46 heavy (non-hydrogen) atoms. The summed E-state index contributed by atoms with van der Waals surface area (Å²) in [5, 5.41) is 8.37. The van der Waals surface area contributed by atoms with Crippen LogP contribution in [0.5, 0.6) is 5.88 Å². The van der Waals surface area contributed by atoms with Gasteiger partial charge in [-0.15, -0.1) is 11.3 Å². The highest BCUT2D eigenvalue weighted by molar-refractivity contribution is 7.13. The number of amides is 2. The van der Waals surface area contributed by atoms with E-state index in [0.717, 1.165) is 49.2 Å². The van der Waals surface area contributed by atoms with Crippen molar-refractivity contribution in [1.82, 2.24) is 34.8 Å². The molecule has 1 atom stereocenters. The van der Waals surface area contributed by atoms with Gasteiger partial charge < -0.3 is 31.3 Å². The number of aryl methyl sites for hydroxylation is 1. The number of hydrogen-bond acceptors (Lipinski definition) is 11. The summed E-state index contributed by atoms with van der Waals surface area (Å²) in [5.74, 6) is -1.39. The van der Waals surface area contributed by atoms with Crippen molar-refractivity contribution in [2.45, 2.75) is 70.1 Å². The lowest BCUT2D eigenvalue weighted by molar-refractivity contribution is 0.0518. The first-order valence-corrected chi connectivity index (χ1v) is 16.6. The van der Waals surface area contributed by atoms with Crippen LogP contribution in [-0.4, -0.2) is 85.6 Å². The van der Waals surface area contributed by atoms with E-state index in [1.165, 1.54) is 49.3 Å². The molecule has 2 aliphatic heterocycles. The zero-order valence-electron chi connectivity index (χ0n) is 25.6. The van der Waals surface area contributed by atoms with Crippen LogP contribution >= 0.6 is 11.3 Å². The zero-order valence-corrected chi connectivity index (χ0v) is 26.4. The van der Waals surface area contributed by atoms with E-state index in [4.69, 9.17) is 16.2 Å². The maximum atomic E-state index is 14.6. The minimum atomic E-state index is -0.967. The van der Waals surface area contributed by atoms with Crippen LogP contribution in [0.4, 0.5) is 15.9 Å². The fraction of sp³-hybridized carbons (Fsp3) is 0.484. The molecule has 6 heterocycles. The number of pyridine rings is 1. The summed E-state index contributed by atoms with van der Waals surface area (Å²) < 4.78 is 22.5. The molecule has 1 saturated carbocycles. The van der Waals surface area contributed by atoms with Gasteiger partial charge in [0.25, 0.3) is 11.8 Å². The fourth-order valence-electron chi connectivity index (χ4n) is 6.82. The molecule has 4 aromatic heterocycles. The van der Waals surface area contributed by atoms with Crippen LogP contribution in [-0.2, 0) is 0 Å². The Morgan fingerprint density at radius 2 is 1.89 bits per heavy atom. The molecule has 13 nitrogen and oxygen atoms in total. The van der Waals surface area contributed by atoms with Crippen LogP contribution < -0.4 is 26.4 Å². The summed E-state index contributed by atoms with van der Waals surface area (Å²) in [4.78, 5) is 43.1. The average molecular weight is 649 g/mol. The van der Waals surface area contributed by atoms with Crippen LogP contribution in [0.2, 0.25) is 0 Å². The molecule has 1 aliphatic carbocycles. The topological polar surface area (TPSA) is 170 Å². The van der Waals surface area contributed by atoms with Crippen LogP contribution in [0, 0.1) is 12.9 Å². The number of aromatic nitrogens is 5. The molecule has 0 spiro atoms. The van der Waals surface area contributed by atoms with Gasteiger partial charge in [0.2, 0.25) is 11.8 Å². The lowest BCUT2D eigenvalue weighted by Crippen LogP contribution is -2.48. The summed E-state index contributed by atoms with van der Waals surface area (Å²) in [6, 6.07) is 5.14. The highest BCUT2D eigenvalue weighted by Gasteiger charge is 2.32. The number of carbonyl (C=O) groups excluding carboxylic acids is 2. The van der Waals surface area contributed by atoms with Crippen LogP contribution in [0.1, 0.15) is 70.0 Å². The standard InChI is InChI=1S/C31H37FN10O3S/c1-17-37-31(45-20-7-5-19(6-8-20)40-12-3-13-40)26(46-17)30(44)38-18-4-2-11-41(15-18)24-14-23(42-25(24)28(33)35-16-36-42)22-10-9-21(29(34)43)27(32)39-22/h9-10,14,16,18-20H,2-8,11-13,15H2,1H3,(H2,34,43)(H,38,44)(H2,33,35,36)/t18-,19?,20?/m1/s1. The van der Waals surface area contributed by atoms with E-state index in [2.05, 4.69) is 35.2 Å². The largest absolute Gasteiger partial charge is 0.473 e. The van der Waals surface area contributed by atoms with E-state index in [1.54, 1.807) is 4.52 Å². The molecule has 7 rings (SSSR count). The maximum Gasteiger partial charge on any atom is 0.267 e. The second-order valence-electron chi connectivity index (χ2n) is 12.3. The van der Waals surface area contributed by atoms with E-state index in [-0.39, 0.29) is 35.1 Å². The number of primary amides is 1. The van der Waals surface area contributed by atoms with Crippen molar-refractivity contribution in [2.75, 3.05) is 36.8 Å². The molecule has 0 unspecified atom stereocenters. The molecule has 242 valence electrons. The summed E-state index contributed by atoms with van der Waals surface area (Å²) in [6.07, 6.45) is 8.45. The first-order chi connectivity index (χ1) is 22.2. The first-order valence-electron chi connectivity index (χ1n) is 15.8. The molecule has 0 aromatic carbocycles. The smallest absolute Gasteiger partial charge is 0.267 e. The lowest BCUT2D eigenvalue weighted by atomic mass is 9.90. The van der Waals surface area contributed by atoms with Gasteiger partial charge in [0.05, 0.1) is 27.6 Å². The Morgan fingerprint density at radius 1 is 1.09 bits per heavy atom. The Labute approximate surface area is 269 Å². The van der Waals surface area contributed by atoms with Crippen LogP contribution in [0.3, 0.4) is 0 Å². The number of anilines is 2. The van der Waals surface area contributed by atoms with Crippen LogP contribution in [0.15, 0.2) is 24.5 Å². The van der Waals surface area contributed by atoms with Crippen molar-refractivity contribution < 1.29 is 18.7 Å². The van der Waals surface area contributed by atoms with E-state index < -0.39 is 11.9 Å². The Bertz CT molecular complexity index is 1780.